The van der Waals surface area contributed by atoms with Crippen molar-refractivity contribution in [3.63, 3.8) is 0 Å². The summed E-state index contributed by atoms with van der Waals surface area (Å²) in [5.41, 5.74) is 4.02. The van der Waals surface area contributed by atoms with E-state index < -0.39 is 11.8 Å². The van der Waals surface area contributed by atoms with Gasteiger partial charge < -0.3 is 5.32 Å². The molecule has 0 unspecified atom stereocenters. The average Bonchev–Trinajstić information content (AvgIpc) is 2.97. The number of nitrogens with two attached hydrogens (primary N) is 1. The van der Waals surface area contributed by atoms with E-state index >= 15 is 0 Å². The molecular weight excluding hydrogens is 401 g/mol. The van der Waals surface area contributed by atoms with Gasteiger partial charge in [-0.3, -0.25) is 19.6 Å². The van der Waals surface area contributed by atoms with Crippen LogP contribution in [-0.2, 0) is 0 Å². The highest BCUT2D eigenvalue weighted by molar-refractivity contribution is 6.34. The highest BCUT2D eigenvalue weighted by Crippen LogP contribution is 2.29. The molecule has 7 nitrogen and oxygen atoms in total. The summed E-state index contributed by atoms with van der Waals surface area (Å²) in [6, 6.07) is 10.1. The Kier molecular flexibility index (Phi) is 5.69. The molecule has 0 bridgehead atoms. The minimum Gasteiger partial charge on any atom is -0.320 e. The number of pyridine rings is 1. The van der Waals surface area contributed by atoms with Crippen LogP contribution in [0.25, 0.3) is 5.82 Å². The zero-order chi connectivity index (χ0) is 20.4. The predicted molar refractivity (Wildman–Crippen MR) is 109 cm³/mol. The molecule has 0 fully saturated rings. The first-order chi connectivity index (χ1) is 13.3. The Hall–Kier alpha value is -2.87. The van der Waals surface area contributed by atoms with Crippen molar-refractivity contribution in [2.45, 2.75) is 13.8 Å². The van der Waals surface area contributed by atoms with Crippen molar-refractivity contribution in [1.29, 1.82) is 0 Å². The van der Waals surface area contributed by atoms with Crippen LogP contribution in [0.1, 0.15) is 32.1 Å². The minimum absolute atomic E-state index is 0.143. The number of aryl methyl sites for hydroxylation is 2. The zero-order valence-electron chi connectivity index (χ0n) is 15.1. The third kappa shape index (κ3) is 3.73. The van der Waals surface area contributed by atoms with Crippen LogP contribution in [0.15, 0.2) is 42.6 Å². The van der Waals surface area contributed by atoms with E-state index in [2.05, 4.69) is 15.7 Å². The van der Waals surface area contributed by atoms with Crippen LogP contribution >= 0.6 is 23.2 Å². The van der Waals surface area contributed by atoms with Gasteiger partial charge >= 0.3 is 0 Å². The number of nitrogens with one attached hydrogen (secondary N) is 2. The number of halogens is 2. The lowest BCUT2D eigenvalue weighted by atomic mass is 10.1. The van der Waals surface area contributed by atoms with E-state index in [0.29, 0.717) is 22.1 Å². The van der Waals surface area contributed by atoms with Crippen molar-refractivity contribution < 1.29 is 9.59 Å². The highest BCUT2D eigenvalue weighted by Gasteiger charge is 2.23. The first kappa shape index (κ1) is 19.9. The number of amides is 2. The van der Waals surface area contributed by atoms with Gasteiger partial charge in [-0.2, -0.15) is 0 Å². The molecule has 0 aliphatic carbocycles. The normalized spacial score (nSPS) is 10.6. The third-order valence-corrected chi connectivity index (χ3v) is 4.65. The molecule has 2 amide bonds. The molecule has 144 valence electrons. The van der Waals surface area contributed by atoms with Crippen molar-refractivity contribution in [3.05, 3.63) is 75.2 Å². The number of rotatable bonds is 4. The molecule has 28 heavy (non-hydrogen) atoms. The maximum atomic E-state index is 13.1. The van der Waals surface area contributed by atoms with Crippen LogP contribution in [0.5, 0.6) is 0 Å². The molecule has 3 rings (SSSR count). The molecule has 0 aliphatic rings. The molecule has 0 saturated heterocycles. The largest absolute Gasteiger partial charge is 0.320 e. The van der Waals surface area contributed by atoms with Crippen molar-refractivity contribution in [2.75, 3.05) is 5.32 Å². The summed E-state index contributed by atoms with van der Waals surface area (Å²) in [5.74, 6) is 4.72. The number of nitrogen functional groups attached to an aromatic ring is 1. The molecule has 2 heterocycles. The maximum Gasteiger partial charge on any atom is 0.274 e. The number of carbonyl (C=O) groups is 2. The number of nitrogens with zero attached hydrogens (tertiary/aromatic N) is 2. The van der Waals surface area contributed by atoms with Gasteiger partial charge in [0.25, 0.3) is 11.8 Å². The van der Waals surface area contributed by atoms with Crippen LogP contribution in [-0.4, -0.2) is 21.4 Å². The summed E-state index contributed by atoms with van der Waals surface area (Å²) in [4.78, 5) is 29.5. The lowest BCUT2D eigenvalue weighted by molar-refractivity contribution is 0.0954. The fourth-order valence-electron chi connectivity index (χ4n) is 2.93. The summed E-state index contributed by atoms with van der Waals surface area (Å²) < 4.78 is 1.64. The topological polar surface area (TPSA) is 102 Å². The predicted octanol–water partition coefficient (Wildman–Crippen LogP) is 3.65. The lowest BCUT2D eigenvalue weighted by Gasteiger charge is -2.15. The first-order valence-corrected chi connectivity index (χ1v) is 9.00. The van der Waals surface area contributed by atoms with E-state index in [1.54, 1.807) is 42.0 Å². The molecule has 0 atom stereocenters. The van der Waals surface area contributed by atoms with E-state index in [0.717, 1.165) is 5.69 Å². The number of benzene rings is 1. The lowest BCUT2D eigenvalue weighted by Crippen LogP contribution is -2.31. The molecule has 0 spiro atoms. The average molecular weight is 418 g/mol. The Morgan fingerprint density at radius 2 is 1.86 bits per heavy atom. The molecule has 4 N–H and O–H groups in total. The fraction of sp³-hybridized carbons (Fsp3) is 0.105. The Morgan fingerprint density at radius 3 is 2.50 bits per heavy atom. The number of hydrazine groups is 1. The van der Waals surface area contributed by atoms with E-state index in [4.69, 9.17) is 29.0 Å². The van der Waals surface area contributed by atoms with Crippen LogP contribution < -0.4 is 16.6 Å². The summed E-state index contributed by atoms with van der Waals surface area (Å²) in [5, 5.41) is 3.36. The summed E-state index contributed by atoms with van der Waals surface area (Å²) in [6.45, 7) is 3.54. The van der Waals surface area contributed by atoms with Crippen molar-refractivity contribution in [1.82, 2.24) is 15.0 Å². The van der Waals surface area contributed by atoms with Gasteiger partial charge in [0.2, 0.25) is 0 Å². The number of aromatic nitrogens is 2. The number of hydrogen-bond acceptors (Lipinski definition) is 4. The second-order valence-corrected chi connectivity index (χ2v) is 6.92. The van der Waals surface area contributed by atoms with Crippen molar-refractivity contribution in [2.24, 2.45) is 5.84 Å². The van der Waals surface area contributed by atoms with Crippen LogP contribution in [0.2, 0.25) is 10.0 Å². The van der Waals surface area contributed by atoms with Gasteiger partial charge in [0.05, 0.1) is 16.3 Å². The second kappa shape index (κ2) is 8.02. The van der Waals surface area contributed by atoms with Gasteiger partial charge in [-0.05, 0) is 49.7 Å². The van der Waals surface area contributed by atoms with Gasteiger partial charge in [-0.25, -0.2) is 10.8 Å². The van der Waals surface area contributed by atoms with Crippen LogP contribution in [0.4, 0.5) is 5.69 Å². The molecular formula is C19H17Cl2N5O2. The van der Waals surface area contributed by atoms with Gasteiger partial charge in [0.1, 0.15) is 11.5 Å². The molecule has 2 aromatic heterocycles. The van der Waals surface area contributed by atoms with E-state index in [1.807, 2.05) is 13.0 Å². The standard InChI is InChI=1S/C19H17Cl2N5O2/c1-10-7-12(20)9-13(18(27)25-22)16(10)24-19(28)17-14(21)8-11(2)26(17)15-5-3-4-6-23-15/h3-9H,22H2,1-2H3,(H,24,28)(H,25,27). The molecule has 0 radical (unpaired) electrons. The fourth-order valence-corrected chi connectivity index (χ4v) is 3.53. The van der Waals surface area contributed by atoms with Gasteiger partial charge in [0.15, 0.2) is 0 Å². The monoisotopic (exact) mass is 417 g/mol. The molecule has 0 aliphatic heterocycles. The smallest absolute Gasteiger partial charge is 0.274 e. The first-order valence-electron chi connectivity index (χ1n) is 8.25. The number of carbonyl (C=O) groups excluding carboxylic acids is 2. The maximum absolute atomic E-state index is 13.1. The molecule has 0 saturated carbocycles. The van der Waals surface area contributed by atoms with E-state index in [1.165, 1.54) is 6.07 Å². The highest BCUT2D eigenvalue weighted by atomic mass is 35.5. The second-order valence-electron chi connectivity index (χ2n) is 6.08. The Balaban J connectivity index is 2.08. The Labute approximate surface area is 171 Å². The van der Waals surface area contributed by atoms with Crippen molar-refractivity contribution in [3.8, 4) is 5.82 Å². The van der Waals surface area contributed by atoms with Crippen LogP contribution in [0.3, 0.4) is 0 Å². The van der Waals surface area contributed by atoms with Crippen LogP contribution in [0, 0.1) is 13.8 Å². The summed E-state index contributed by atoms with van der Waals surface area (Å²) in [6.07, 6.45) is 1.62. The van der Waals surface area contributed by atoms with Gasteiger partial charge in [0, 0.05) is 16.9 Å². The minimum atomic E-state index is -0.580. The third-order valence-electron chi connectivity index (χ3n) is 4.15. The molecule has 9 heteroatoms. The zero-order valence-corrected chi connectivity index (χ0v) is 16.6. The van der Waals surface area contributed by atoms with Gasteiger partial charge in [-0.1, -0.05) is 29.3 Å². The SMILES string of the molecule is Cc1cc(Cl)cc(C(=O)NN)c1NC(=O)c1c(Cl)cc(C)n1-c1ccccn1. The summed E-state index contributed by atoms with van der Waals surface area (Å²) >= 11 is 12.4. The Morgan fingerprint density at radius 1 is 1.11 bits per heavy atom. The summed E-state index contributed by atoms with van der Waals surface area (Å²) in [7, 11) is 0. The van der Waals surface area contributed by atoms with Gasteiger partial charge in [-0.15, -0.1) is 0 Å². The quantitative estimate of drug-likeness (QED) is 0.342. The Bertz CT molecular complexity index is 1060. The molecule has 1 aromatic carbocycles. The number of hydrogen-bond donors (Lipinski definition) is 3. The van der Waals surface area contributed by atoms with E-state index in [-0.39, 0.29) is 16.3 Å². The van der Waals surface area contributed by atoms with Crippen molar-refractivity contribution >= 4 is 40.7 Å². The number of anilines is 1. The van der Waals surface area contributed by atoms with E-state index in [9.17, 15) is 9.59 Å². The molecule has 3 aromatic rings.